The van der Waals surface area contributed by atoms with Gasteiger partial charge in [0.05, 0.1) is 5.56 Å². The number of carbonyl (C=O) groups is 1. The van der Waals surface area contributed by atoms with E-state index in [9.17, 15) is 18.0 Å². The van der Waals surface area contributed by atoms with Crippen LogP contribution in [-0.4, -0.2) is 6.29 Å². The number of benzene rings is 2. The third kappa shape index (κ3) is 2.20. The SMILES string of the molecule is O=Cc1ccc(-c2ccc(F)cc2F)cc1F. The second kappa shape index (κ2) is 4.41. The number of rotatable bonds is 2. The number of hydrogen-bond acceptors (Lipinski definition) is 1. The normalized spacial score (nSPS) is 10.3. The third-order valence-electron chi connectivity index (χ3n) is 2.37. The molecule has 0 aliphatic carbocycles. The Labute approximate surface area is 95.5 Å². The van der Waals surface area contributed by atoms with Crippen LogP contribution in [0.5, 0.6) is 0 Å². The Morgan fingerprint density at radius 2 is 1.65 bits per heavy atom. The van der Waals surface area contributed by atoms with E-state index in [2.05, 4.69) is 0 Å². The predicted octanol–water partition coefficient (Wildman–Crippen LogP) is 3.58. The van der Waals surface area contributed by atoms with E-state index in [1.165, 1.54) is 18.2 Å². The Bertz CT molecular complexity index is 579. The van der Waals surface area contributed by atoms with Crippen molar-refractivity contribution in [1.29, 1.82) is 0 Å². The van der Waals surface area contributed by atoms with Gasteiger partial charge in [-0.3, -0.25) is 4.79 Å². The zero-order chi connectivity index (χ0) is 12.4. The highest BCUT2D eigenvalue weighted by molar-refractivity contribution is 5.77. The van der Waals surface area contributed by atoms with E-state index in [1.807, 2.05) is 0 Å². The molecule has 4 heteroatoms. The van der Waals surface area contributed by atoms with Gasteiger partial charge in [-0.2, -0.15) is 0 Å². The highest BCUT2D eigenvalue weighted by Gasteiger charge is 2.09. The molecule has 0 amide bonds. The summed E-state index contributed by atoms with van der Waals surface area (Å²) in [7, 11) is 0. The largest absolute Gasteiger partial charge is 0.298 e. The Morgan fingerprint density at radius 3 is 2.24 bits per heavy atom. The standard InChI is InChI=1S/C13H7F3O/c14-10-3-4-11(13(16)6-10)8-1-2-9(7-17)12(15)5-8/h1-7H. The van der Waals surface area contributed by atoms with Gasteiger partial charge in [-0.1, -0.05) is 6.07 Å². The topological polar surface area (TPSA) is 17.1 Å². The van der Waals surface area contributed by atoms with Gasteiger partial charge in [0.25, 0.3) is 0 Å². The van der Waals surface area contributed by atoms with Crippen LogP contribution >= 0.6 is 0 Å². The number of carbonyl (C=O) groups excluding carboxylic acids is 1. The molecule has 0 unspecified atom stereocenters. The minimum absolute atomic E-state index is 0.0859. The fourth-order valence-electron chi connectivity index (χ4n) is 1.51. The van der Waals surface area contributed by atoms with Gasteiger partial charge in [0, 0.05) is 11.6 Å². The molecule has 0 spiro atoms. The van der Waals surface area contributed by atoms with Crippen molar-refractivity contribution in [3.8, 4) is 11.1 Å². The van der Waals surface area contributed by atoms with Gasteiger partial charge in [-0.15, -0.1) is 0 Å². The summed E-state index contributed by atoms with van der Waals surface area (Å²) in [4.78, 5) is 10.4. The second-order valence-corrected chi connectivity index (χ2v) is 3.48. The van der Waals surface area contributed by atoms with Crippen molar-refractivity contribution in [3.05, 3.63) is 59.4 Å². The second-order valence-electron chi connectivity index (χ2n) is 3.48. The summed E-state index contributed by atoms with van der Waals surface area (Å²) >= 11 is 0. The van der Waals surface area contributed by atoms with Gasteiger partial charge in [-0.25, -0.2) is 13.2 Å². The van der Waals surface area contributed by atoms with E-state index in [4.69, 9.17) is 0 Å². The summed E-state index contributed by atoms with van der Waals surface area (Å²) in [5, 5.41) is 0. The molecule has 2 aromatic rings. The van der Waals surface area contributed by atoms with Crippen molar-refractivity contribution in [2.45, 2.75) is 0 Å². The summed E-state index contributed by atoms with van der Waals surface area (Å²) in [6.45, 7) is 0. The zero-order valence-corrected chi connectivity index (χ0v) is 8.58. The first-order valence-corrected chi connectivity index (χ1v) is 4.82. The van der Waals surface area contributed by atoms with E-state index in [0.29, 0.717) is 6.29 Å². The first-order valence-electron chi connectivity index (χ1n) is 4.82. The van der Waals surface area contributed by atoms with Gasteiger partial charge in [0.1, 0.15) is 17.5 Å². The predicted molar refractivity (Wildman–Crippen MR) is 57.1 cm³/mol. The molecular weight excluding hydrogens is 229 g/mol. The van der Waals surface area contributed by atoms with Crippen LogP contribution in [0.15, 0.2) is 36.4 Å². The molecule has 0 saturated heterocycles. The average Bonchev–Trinajstić information content (AvgIpc) is 2.29. The molecule has 0 aliphatic heterocycles. The van der Waals surface area contributed by atoms with Crippen LogP contribution in [-0.2, 0) is 0 Å². The van der Waals surface area contributed by atoms with E-state index < -0.39 is 17.5 Å². The fourth-order valence-corrected chi connectivity index (χ4v) is 1.51. The molecule has 0 saturated carbocycles. The number of aldehydes is 1. The smallest absolute Gasteiger partial charge is 0.152 e. The molecule has 0 atom stereocenters. The molecule has 2 rings (SSSR count). The monoisotopic (exact) mass is 236 g/mol. The van der Waals surface area contributed by atoms with Gasteiger partial charge in [-0.05, 0) is 29.8 Å². The van der Waals surface area contributed by atoms with Crippen LogP contribution in [0.1, 0.15) is 10.4 Å². The van der Waals surface area contributed by atoms with Crippen molar-refractivity contribution < 1.29 is 18.0 Å². The molecule has 0 radical (unpaired) electrons. The van der Waals surface area contributed by atoms with Crippen molar-refractivity contribution in [2.24, 2.45) is 0 Å². The summed E-state index contributed by atoms with van der Waals surface area (Å²) in [5.74, 6) is -2.21. The molecule has 0 bridgehead atoms. The first kappa shape index (κ1) is 11.4. The quantitative estimate of drug-likeness (QED) is 0.728. The molecule has 0 heterocycles. The van der Waals surface area contributed by atoms with Gasteiger partial charge in [0.15, 0.2) is 6.29 Å². The molecular formula is C13H7F3O. The van der Waals surface area contributed by atoms with Crippen molar-refractivity contribution in [1.82, 2.24) is 0 Å². The van der Waals surface area contributed by atoms with Crippen LogP contribution < -0.4 is 0 Å². The maximum Gasteiger partial charge on any atom is 0.152 e. The Morgan fingerprint density at radius 1 is 0.882 bits per heavy atom. The molecule has 1 nitrogen and oxygen atoms in total. The number of hydrogen-bond donors (Lipinski definition) is 0. The molecule has 2 aromatic carbocycles. The highest BCUT2D eigenvalue weighted by atomic mass is 19.1. The van der Waals surface area contributed by atoms with Gasteiger partial charge >= 0.3 is 0 Å². The minimum Gasteiger partial charge on any atom is -0.298 e. The van der Waals surface area contributed by atoms with Crippen LogP contribution in [0.2, 0.25) is 0 Å². The van der Waals surface area contributed by atoms with E-state index >= 15 is 0 Å². The lowest BCUT2D eigenvalue weighted by molar-refractivity contribution is 0.112. The molecule has 0 N–H and O–H groups in total. The Balaban J connectivity index is 2.53. The van der Waals surface area contributed by atoms with Crippen LogP contribution in [0.4, 0.5) is 13.2 Å². The Kier molecular flexibility index (Phi) is 2.95. The molecule has 0 aromatic heterocycles. The lowest BCUT2D eigenvalue weighted by Crippen LogP contribution is -1.91. The van der Waals surface area contributed by atoms with Crippen LogP contribution in [0.3, 0.4) is 0 Å². The van der Waals surface area contributed by atoms with Crippen molar-refractivity contribution >= 4 is 6.29 Å². The van der Waals surface area contributed by atoms with E-state index in [-0.39, 0.29) is 16.7 Å². The van der Waals surface area contributed by atoms with Crippen LogP contribution in [0, 0.1) is 17.5 Å². The third-order valence-corrected chi connectivity index (χ3v) is 2.37. The lowest BCUT2D eigenvalue weighted by Gasteiger charge is -2.04. The Hall–Kier alpha value is -2.10. The summed E-state index contributed by atoms with van der Waals surface area (Å²) in [5.41, 5.74) is 0.240. The van der Waals surface area contributed by atoms with Gasteiger partial charge in [0.2, 0.25) is 0 Å². The summed E-state index contributed by atoms with van der Waals surface area (Å²) in [6.07, 6.45) is 0.375. The first-order chi connectivity index (χ1) is 8.11. The number of halogens is 3. The zero-order valence-electron chi connectivity index (χ0n) is 8.58. The van der Waals surface area contributed by atoms with E-state index in [1.54, 1.807) is 0 Å². The van der Waals surface area contributed by atoms with E-state index in [0.717, 1.165) is 18.2 Å². The molecule has 0 aliphatic rings. The molecule has 86 valence electrons. The average molecular weight is 236 g/mol. The van der Waals surface area contributed by atoms with Gasteiger partial charge < -0.3 is 0 Å². The van der Waals surface area contributed by atoms with Crippen molar-refractivity contribution in [3.63, 3.8) is 0 Å². The maximum atomic E-state index is 13.4. The minimum atomic E-state index is -0.775. The maximum absolute atomic E-state index is 13.4. The molecule has 0 fully saturated rings. The van der Waals surface area contributed by atoms with Crippen molar-refractivity contribution in [2.75, 3.05) is 0 Å². The van der Waals surface area contributed by atoms with Crippen LogP contribution in [0.25, 0.3) is 11.1 Å². The summed E-state index contributed by atoms with van der Waals surface area (Å²) in [6, 6.07) is 6.73. The summed E-state index contributed by atoms with van der Waals surface area (Å²) < 4.78 is 39.4. The highest BCUT2D eigenvalue weighted by Crippen LogP contribution is 2.24. The lowest BCUT2D eigenvalue weighted by atomic mass is 10.0. The fraction of sp³-hybridized carbons (Fsp3) is 0. The molecule has 17 heavy (non-hydrogen) atoms.